The first-order chi connectivity index (χ1) is 11.6. The van der Waals surface area contributed by atoms with Crippen LogP contribution in [-0.2, 0) is 0 Å². The molecule has 4 rings (SSSR count). The maximum atomic E-state index is 12.7. The topological polar surface area (TPSA) is 51.0 Å². The minimum Gasteiger partial charge on any atom is -0.336 e. The molecule has 24 heavy (non-hydrogen) atoms. The predicted octanol–water partition coefficient (Wildman–Crippen LogP) is 3.48. The second kappa shape index (κ2) is 5.91. The number of halogens is 1. The molecule has 0 N–H and O–H groups in total. The number of hydrogen-bond donors (Lipinski definition) is 0. The first kappa shape index (κ1) is 15.1. The lowest BCUT2D eigenvalue weighted by atomic mass is 10.2. The van der Waals surface area contributed by atoms with Crippen molar-refractivity contribution in [2.45, 2.75) is 19.4 Å². The molecule has 6 heteroatoms. The van der Waals surface area contributed by atoms with Crippen molar-refractivity contribution in [2.24, 2.45) is 0 Å². The Morgan fingerprint density at radius 2 is 2.17 bits per heavy atom. The van der Waals surface area contributed by atoms with Gasteiger partial charge < -0.3 is 9.47 Å². The van der Waals surface area contributed by atoms with Crippen LogP contribution in [0.2, 0.25) is 5.02 Å². The van der Waals surface area contributed by atoms with Gasteiger partial charge in [-0.1, -0.05) is 17.7 Å². The minimum absolute atomic E-state index is 0.0232. The first-order valence-electron chi connectivity index (χ1n) is 7.98. The van der Waals surface area contributed by atoms with Crippen molar-refractivity contribution in [3.63, 3.8) is 0 Å². The van der Waals surface area contributed by atoms with Crippen molar-refractivity contribution < 1.29 is 4.79 Å². The van der Waals surface area contributed by atoms with E-state index < -0.39 is 0 Å². The molecule has 3 heterocycles. The second-order valence-corrected chi connectivity index (χ2v) is 6.52. The van der Waals surface area contributed by atoms with Crippen LogP contribution in [0.1, 0.15) is 28.6 Å². The van der Waals surface area contributed by atoms with Gasteiger partial charge in [0.25, 0.3) is 5.91 Å². The van der Waals surface area contributed by atoms with Gasteiger partial charge in [-0.3, -0.25) is 4.79 Å². The van der Waals surface area contributed by atoms with Crippen LogP contribution in [0.4, 0.5) is 0 Å². The number of aryl methyl sites for hydroxylation is 1. The van der Waals surface area contributed by atoms with Gasteiger partial charge in [0.2, 0.25) is 0 Å². The molecule has 0 aliphatic carbocycles. The summed E-state index contributed by atoms with van der Waals surface area (Å²) in [5.74, 6) is 0.959. The van der Waals surface area contributed by atoms with Crippen molar-refractivity contribution in [2.75, 3.05) is 13.1 Å². The van der Waals surface area contributed by atoms with Crippen molar-refractivity contribution in [3.8, 4) is 0 Å². The predicted molar refractivity (Wildman–Crippen MR) is 93.3 cm³/mol. The quantitative estimate of drug-likeness (QED) is 0.717. The van der Waals surface area contributed by atoms with Gasteiger partial charge in [-0.25, -0.2) is 9.97 Å². The molecule has 0 unspecified atom stereocenters. The summed E-state index contributed by atoms with van der Waals surface area (Å²) in [6, 6.07) is 11.2. The Kier molecular flexibility index (Phi) is 3.73. The maximum absolute atomic E-state index is 12.7. The molecule has 1 amide bonds. The Balaban J connectivity index is 1.60. The molecule has 3 aromatic rings. The molecule has 0 radical (unpaired) electrons. The highest BCUT2D eigenvalue weighted by atomic mass is 35.5. The van der Waals surface area contributed by atoms with Gasteiger partial charge >= 0.3 is 0 Å². The third kappa shape index (κ3) is 2.55. The Hall–Kier alpha value is -2.40. The van der Waals surface area contributed by atoms with E-state index in [1.807, 2.05) is 24.0 Å². The zero-order chi connectivity index (χ0) is 16.7. The summed E-state index contributed by atoms with van der Waals surface area (Å²) >= 11 is 6.00. The standard InChI is InChI=1S/C18H17ClN4O/c1-12-21-16-6-3-8-20-17(16)23(12)15-7-9-22(11-15)18(24)13-4-2-5-14(19)10-13/h2-6,8,10,15H,7,9,11H2,1H3/t15-/m1/s1. The highest BCUT2D eigenvalue weighted by molar-refractivity contribution is 6.30. The van der Waals surface area contributed by atoms with E-state index >= 15 is 0 Å². The summed E-state index contributed by atoms with van der Waals surface area (Å²) in [6.45, 7) is 3.37. The number of rotatable bonds is 2. The Labute approximate surface area is 144 Å². The third-order valence-corrected chi connectivity index (χ3v) is 4.75. The van der Waals surface area contributed by atoms with Gasteiger partial charge in [-0.2, -0.15) is 0 Å². The molecule has 2 aromatic heterocycles. The molecule has 122 valence electrons. The Morgan fingerprint density at radius 1 is 1.29 bits per heavy atom. The lowest BCUT2D eigenvalue weighted by molar-refractivity contribution is 0.0787. The molecule has 1 aliphatic heterocycles. The number of nitrogens with zero attached hydrogens (tertiary/aromatic N) is 4. The lowest BCUT2D eigenvalue weighted by Gasteiger charge is -2.18. The number of hydrogen-bond acceptors (Lipinski definition) is 3. The maximum Gasteiger partial charge on any atom is 0.253 e. The van der Waals surface area contributed by atoms with E-state index in [2.05, 4.69) is 14.5 Å². The van der Waals surface area contributed by atoms with Crippen LogP contribution < -0.4 is 0 Å². The molecule has 0 spiro atoms. The molecule has 0 saturated carbocycles. The molecule has 1 fully saturated rings. The summed E-state index contributed by atoms with van der Waals surface area (Å²) in [4.78, 5) is 23.6. The summed E-state index contributed by atoms with van der Waals surface area (Å²) in [5.41, 5.74) is 2.42. The zero-order valence-corrected chi connectivity index (χ0v) is 14.1. The number of pyridine rings is 1. The highest BCUT2D eigenvalue weighted by Crippen LogP contribution is 2.28. The fourth-order valence-corrected chi connectivity index (χ4v) is 3.61. The molecular formula is C18H17ClN4O. The van der Waals surface area contributed by atoms with E-state index in [9.17, 15) is 4.79 Å². The molecule has 1 aromatic carbocycles. The first-order valence-corrected chi connectivity index (χ1v) is 8.35. The summed E-state index contributed by atoms with van der Waals surface area (Å²) < 4.78 is 2.15. The number of carbonyl (C=O) groups excluding carboxylic acids is 1. The van der Waals surface area contributed by atoms with Gasteiger partial charge in [0.15, 0.2) is 5.65 Å². The number of benzene rings is 1. The van der Waals surface area contributed by atoms with Crippen LogP contribution in [0.5, 0.6) is 0 Å². The monoisotopic (exact) mass is 340 g/mol. The summed E-state index contributed by atoms with van der Waals surface area (Å²) in [5, 5.41) is 0.581. The van der Waals surface area contributed by atoms with E-state index in [0.717, 1.165) is 30.0 Å². The van der Waals surface area contributed by atoms with Crippen molar-refractivity contribution >= 4 is 28.7 Å². The molecule has 1 atom stereocenters. The van der Waals surface area contributed by atoms with E-state index in [1.54, 1.807) is 30.5 Å². The van der Waals surface area contributed by atoms with E-state index in [-0.39, 0.29) is 11.9 Å². The van der Waals surface area contributed by atoms with Crippen molar-refractivity contribution in [1.29, 1.82) is 0 Å². The van der Waals surface area contributed by atoms with Gasteiger partial charge in [-0.05, 0) is 43.7 Å². The van der Waals surface area contributed by atoms with Crippen molar-refractivity contribution in [3.05, 3.63) is 59.0 Å². The molecular weight excluding hydrogens is 324 g/mol. The van der Waals surface area contributed by atoms with Crippen LogP contribution in [-0.4, -0.2) is 38.4 Å². The molecule has 0 bridgehead atoms. The van der Waals surface area contributed by atoms with Crippen LogP contribution >= 0.6 is 11.6 Å². The van der Waals surface area contributed by atoms with Crippen LogP contribution in [0, 0.1) is 6.92 Å². The molecule has 1 saturated heterocycles. The van der Waals surface area contributed by atoms with Gasteiger partial charge in [0.1, 0.15) is 11.3 Å². The lowest BCUT2D eigenvalue weighted by Crippen LogP contribution is -2.29. The third-order valence-electron chi connectivity index (χ3n) is 4.51. The SMILES string of the molecule is Cc1nc2cccnc2n1[C@@H]1CCN(C(=O)c2cccc(Cl)c2)C1. The van der Waals surface area contributed by atoms with E-state index in [1.165, 1.54) is 0 Å². The number of aromatic nitrogens is 3. The number of likely N-dealkylation sites (tertiary alicyclic amines) is 1. The average molecular weight is 341 g/mol. The Morgan fingerprint density at radius 3 is 3.00 bits per heavy atom. The largest absolute Gasteiger partial charge is 0.336 e. The fraction of sp³-hybridized carbons (Fsp3) is 0.278. The van der Waals surface area contributed by atoms with Gasteiger partial charge in [-0.15, -0.1) is 0 Å². The van der Waals surface area contributed by atoms with Crippen molar-refractivity contribution in [1.82, 2.24) is 19.4 Å². The molecule has 1 aliphatic rings. The van der Waals surface area contributed by atoms with E-state index in [0.29, 0.717) is 17.1 Å². The minimum atomic E-state index is 0.0232. The van der Waals surface area contributed by atoms with Gasteiger partial charge in [0, 0.05) is 29.9 Å². The number of carbonyl (C=O) groups is 1. The van der Waals surface area contributed by atoms with Crippen LogP contribution in [0.3, 0.4) is 0 Å². The van der Waals surface area contributed by atoms with Crippen LogP contribution in [0.25, 0.3) is 11.2 Å². The smallest absolute Gasteiger partial charge is 0.253 e. The highest BCUT2D eigenvalue weighted by Gasteiger charge is 2.30. The fourth-order valence-electron chi connectivity index (χ4n) is 3.42. The number of amides is 1. The number of imidazole rings is 1. The zero-order valence-electron chi connectivity index (χ0n) is 13.3. The average Bonchev–Trinajstić information content (AvgIpc) is 3.17. The molecule has 5 nitrogen and oxygen atoms in total. The number of fused-ring (bicyclic) bond motifs is 1. The Bertz CT molecular complexity index is 920. The summed E-state index contributed by atoms with van der Waals surface area (Å²) in [6.07, 6.45) is 2.68. The van der Waals surface area contributed by atoms with Gasteiger partial charge in [0.05, 0.1) is 6.04 Å². The summed E-state index contributed by atoms with van der Waals surface area (Å²) in [7, 11) is 0. The van der Waals surface area contributed by atoms with Crippen LogP contribution in [0.15, 0.2) is 42.6 Å². The second-order valence-electron chi connectivity index (χ2n) is 6.08. The van der Waals surface area contributed by atoms with E-state index in [4.69, 9.17) is 11.6 Å². The normalized spacial score (nSPS) is 17.6.